The zero-order valence-corrected chi connectivity index (χ0v) is 40.5. The highest BCUT2D eigenvalue weighted by Crippen LogP contribution is 2.43. The van der Waals surface area contributed by atoms with Gasteiger partial charge in [0.25, 0.3) is 10.0 Å². The van der Waals surface area contributed by atoms with E-state index in [0.29, 0.717) is 28.9 Å². The van der Waals surface area contributed by atoms with E-state index in [1.54, 1.807) is 48.5 Å². The summed E-state index contributed by atoms with van der Waals surface area (Å²) in [6.07, 6.45) is 0.983. The fourth-order valence-electron chi connectivity index (χ4n) is 7.14. The molecule has 0 radical (unpaired) electrons. The number of likely N-dealkylation sites (N-methyl/N-ethyl adjacent to an activating group) is 1. The lowest BCUT2D eigenvalue weighted by molar-refractivity contribution is -0.136. The molecule has 20 heteroatoms. The Kier molecular flexibility index (Phi) is 19.7. The first kappa shape index (κ1) is 54.0. The first-order chi connectivity index (χ1) is 30.3. The van der Waals surface area contributed by atoms with Gasteiger partial charge in [0.05, 0.1) is 29.6 Å². The molecule has 2 aromatic carbocycles. The van der Waals surface area contributed by atoms with Gasteiger partial charge in [-0.2, -0.15) is 0 Å². The summed E-state index contributed by atoms with van der Waals surface area (Å²) in [7, 11) is -2.72. The Hall–Kier alpha value is -5.31. The molecule has 0 aliphatic carbocycles. The Labute approximate surface area is 383 Å². The molecule has 0 aromatic heterocycles. The molecule has 0 saturated carbocycles. The molecule has 1 aliphatic rings. The standard InChI is InChI=1S/C45H71N9O10S/c1-26-27(2)38(29(4)32-23-45(9,10)64-37(26)32)65(60,61)54-43(47)49-20-15-18-33(51-36(55)25-62-21-19-46)41(58)50-30(5)28(3)39(56)53-35(24-63-44(6,7)8)42(59)52-34(40(57)48-11)22-31-16-13-12-14-17-31/h12-14,16-17,28,30,33-35H,15,18-25,46H2,1-11H3,(H,48,57)(H,50,58)(H,51,55)(H,52,59)(H,53,56)(H3,47,49,54)/t28-,30?,33-,34-,35-/m0/s1. The number of nitrogens with two attached hydrogens (primary N) is 1. The topological polar surface area (TPSA) is 281 Å². The van der Waals surface area contributed by atoms with E-state index in [2.05, 4.69) is 36.6 Å². The highest BCUT2D eigenvalue weighted by molar-refractivity contribution is 7.90. The molecule has 10 N–H and O–H groups in total. The molecule has 0 fully saturated rings. The molecule has 1 heterocycles. The third kappa shape index (κ3) is 16.3. The number of carbonyl (C=O) groups is 5. The number of sulfonamides is 1. The zero-order valence-electron chi connectivity index (χ0n) is 39.7. The second-order valence-electron chi connectivity index (χ2n) is 18.0. The molecule has 19 nitrogen and oxygen atoms in total. The second kappa shape index (κ2) is 23.7. The molecular formula is C45H71N9O10S. The van der Waals surface area contributed by atoms with Gasteiger partial charge in [-0.25, -0.2) is 13.1 Å². The molecule has 5 amide bonds. The van der Waals surface area contributed by atoms with E-state index in [0.717, 1.165) is 11.1 Å². The predicted molar refractivity (Wildman–Crippen MR) is 247 cm³/mol. The van der Waals surface area contributed by atoms with Gasteiger partial charge in [-0.15, -0.1) is 0 Å². The van der Waals surface area contributed by atoms with Gasteiger partial charge in [-0.05, 0) is 97.4 Å². The molecule has 0 bridgehead atoms. The van der Waals surface area contributed by atoms with Crippen LogP contribution in [0.4, 0.5) is 0 Å². The summed E-state index contributed by atoms with van der Waals surface area (Å²) in [5, 5.41) is 24.6. The highest BCUT2D eigenvalue weighted by atomic mass is 32.2. The number of hydrogen-bond acceptors (Lipinski definition) is 12. The molecule has 65 heavy (non-hydrogen) atoms. The summed E-state index contributed by atoms with van der Waals surface area (Å²) >= 11 is 0. The van der Waals surface area contributed by atoms with E-state index in [1.165, 1.54) is 7.05 Å². The average molecular weight is 930 g/mol. The second-order valence-corrected chi connectivity index (χ2v) is 19.6. The number of ether oxygens (including phenoxy) is 3. The lowest BCUT2D eigenvalue weighted by atomic mass is 9.94. The Morgan fingerprint density at radius 1 is 0.877 bits per heavy atom. The van der Waals surface area contributed by atoms with Crippen molar-refractivity contribution in [3.63, 3.8) is 0 Å². The lowest BCUT2D eigenvalue weighted by Gasteiger charge is -2.29. The van der Waals surface area contributed by atoms with Crippen molar-refractivity contribution in [1.82, 2.24) is 36.6 Å². The van der Waals surface area contributed by atoms with Crippen molar-refractivity contribution < 1.29 is 46.6 Å². The van der Waals surface area contributed by atoms with Crippen LogP contribution in [0.15, 0.2) is 35.2 Å². The number of amides is 5. The Morgan fingerprint density at radius 3 is 2.12 bits per heavy atom. The van der Waals surface area contributed by atoms with E-state index in [4.69, 9.17) is 25.4 Å². The van der Waals surface area contributed by atoms with E-state index >= 15 is 0 Å². The van der Waals surface area contributed by atoms with Gasteiger partial charge in [0.1, 0.15) is 36.1 Å². The first-order valence-corrected chi connectivity index (χ1v) is 23.3. The van der Waals surface area contributed by atoms with Gasteiger partial charge in [0, 0.05) is 44.6 Å². The van der Waals surface area contributed by atoms with Crippen molar-refractivity contribution in [2.45, 2.75) is 135 Å². The highest BCUT2D eigenvalue weighted by Gasteiger charge is 2.37. The summed E-state index contributed by atoms with van der Waals surface area (Å²) in [5.74, 6) is -3.57. The van der Waals surface area contributed by atoms with Crippen molar-refractivity contribution in [3.8, 4) is 5.75 Å². The van der Waals surface area contributed by atoms with Crippen LogP contribution in [0.25, 0.3) is 0 Å². The van der Waals surface area contributed by atoms with Crippen molar-refractivity contribution >= 4 is 45.5 Å². The Balaban J connectivity index is 1.68. The minimum Gasteiger partial charge on any atom is -0.487 e. The van der Waals surface area contributed by atoms with E-state index in [1.807, 2.05) is 51.1 Å². The maximum Gasteiger partial charge on any atom is 0.264 e. The van der Waals surface area contributed by atoms with Crippen LogP contribution in [-0.4, -0.2) is 119 Å². The lowest BCUT2D eigenvalue weighted by Crippen LogP contribution is -2.58. The molecule has 2 aromatic rings. The summed E-state index contributed by atoms with van der Waals surface area (Å²) < 4.78 is 46.9. The summed E-state index contributed by atoms with van der Waals surface area (Å²) in [5.41, 5.74) is 7.73. The number of rotatable bonds is 23. The SMILES string of the molecule is CNC(=O)[C@H](Cc1ccccc1)NC(=O)[C@H](COC(C)(C)C)NC(=O)[C@@H](C)C(C)NC(=O)[C@H](CCCNC(=N)NS(=O)(=O)c1c(C)c(C)c2c(c1C)CC(C)(C)O2)NC(=O)COCCN. The van der Waals surface area contributed by atoms with Gasteiger partial charge in [0.2, 0.25) is 35.5 Å². The average Bonchev–Trinajstić information content (AvgIpc) is 3.56. The van der Waals surface area contributed by atoms with Gasteiger partial charge < -0.3 is 51.8 Å². The van der Waals surface area contributed by atoms with E-state index in [-0.39, 0.29) is 57.1 Å². The van der Waals surface area contributed by atoms with Crippen LogP contribution >= 0.6 is 0 Å². The van der Waals surface area contributed by atoms with Crippen molar-refractivity contribution in [3.05, 3.63) is 58.1 Å². The van der Waals surface area contributed by atoms with Gasteiger partial charge in [-0.1, -0.05) is 37.3 Å². The molecule has 362 valence electrons. The third-order valence-electron chi connectivity index (χ3n) is 10.9. The van der Waals surface area contributed by atoms with Crippen LogP contribution in [0, 0.1) is 32.1 Å². The van der Waals surface area contributed by atoms with Crippen LogP contribution in [-0.2, 0) is 56.3 Å². The van der Waals surface area contributed by atoms with Crippen LogP contribution in [0.5, 0.6) is 5.75 Å². The molecule has 0 spiro atoms. The predicted octanol–water partition coefficient (Wildman–Crippen LogP) is 1.28. The van der Waals surface area contributed by atoms with Gasteiger partial charge >= 0.3 is 0 Å². The number of guanidine groups is 1. The maximum atomic E-state index is 13.7. The summed E-state index contributed by atoms with van der Waals surface area (Å²) in [6, 6.07) is 5.06. The fraction of sp³-hybridized carbons (Fsp3) is 0.600. The monoisotopic (exact) mass is 930 g/mol. The minimum absolute atomic E-state index is 0.0501. The fourth-order valence-corrected chi connectivity index (χ4v) is 8.67. The third-order valence-corrected chi connectivity index (χ3v) is 12.5. The van der Waals surface area contributed by atoms with Crippen LogP contribution < -0.4 is 47.1 Å². The van der Waals surface area contributed by atoms with Gasteiger partial charge in [0.15, 0.2) is 0 Å². The maximum absolute atomic E-state index is 13.7. The molecule has 1 unspecified atom stereocenters. The molecule has 1 aliphatic heterocycles. The van der Waals surface area contributed by atoms with E-state index in [9.17, 15) is 32.4 Å². The van der Waals surface area contributed by atoms with Crippen LogP contribution in [0.1, 0.15) is 89.1 Å². The number of fused-ring (bicyclic) bond motifs is 1. The normalized spacial score (nSPS) is 15.4. The number of carbonyl (C=O) groups excluding carboxylic acids is 5. The van der Waals surface area contributed by atoms with Crippen LogP contribution in [0.3, 0.4) is 0 Å². The smallest absolute Gasteiger partial charge is 0.264 e. The molecule has 0 saturated heterocycles. The van der Waals surface area contributed by atoms with Crippen molar-refractivity contribution in [2.75, 3.05) is 40.0 Å². The Bertz CT molecular complexity index is 2130. The zero-order chi connectivity index (χ0) is 48.9. The van der Waals surface area contributed by atoms with Crippen LogP contribution in [0.2, 0.25) is 0 Å². The molecule has 5 atom stereocenters. The minimum atomic E-state index is -4.18. The molecular weight excluding hydrogens is 859 g/mol. The van der Waals surface area contributed by atoms with Crippen molar-refractivity contribution in [1.29, 1.82) is 5.41 Å². The molecule has 3 rings (SSSR count). The number of nitrogens with one attached hydrogen (secondary N) is 8. The largest absolute Gasteiger partial charge is 0.487 e. The summed E-state index contributed by atoms with van der Waals surface area (Å²) in [6.45, 7) is 17.4. The number of benzene rings is 2. The van der Waals surface area contributed by atoms with E-state index < -0.39 is 86.8 Å². The Morgan fingerprint density at radius 2 is 1.51 bits per heavy atom. The summed E-state index contributed by atoms with van der Waals surface area (Å²) in [4.78, 5) is 66.8. The number of hydrogen-bond donors (Lipinski definition) is 9. The van der Waals surface area contributed by atoms with Crippen molar-refractivity contribution in [2.24, 2.45) is 11.7 Å². The quantitative estimate of drug-likeness (QED) is 0.0433. The van der Waals surface area contributed by atoms with Gasteiger partial charge in [-0.3, -0.25) is 29.4 Å². The first-order valence-electron chi connectivity index (χ1n) is 21.8.